The van der Waals surface area contributed by atoms with Crippen LogP contribution in [0.4, 0.5) is 50.9 Å². The molecule has 0 bridgehead atoms. The summed E-state index contributed by atoms with van der Waals surface area (Å²) in [7, 11) is 0. The Morgan fingerprint density at radius 1 is 0.294 bits per heavy atom. The number of halogens is 9. The van der Waals surface area contributed by atoms with Crippen LogP contribution in [-0.4, -0.2) is 18.3 Å². The standard InChI is InChI=1S/C43H29F6N3.C43H29F3N4/c1-23-6-10-36-31(14-23)32-15-24(2)7-11-37(32)51(36)40-22-35(43(47,48)49)41(21-30(40)27-18-28(42(44,45)46)20-29(19-27)50-5)52-38-12-8-25(3)16-33(38)34-17-26(4)9-13-39(34)52;1-24-6-10-37-33(14-24)34-15-25(2)7-11-38(34)49(37)41-22-32(28-18-30(43(44,45)46)21-31(19-28)48-5)42(20-29(41)23-47)50-39-12-8-26(3)16-35(39)36-17-27(4)9-13-40(36)50/h6-22H,1-4H3;6-22H,1-4H3. The summed E-state index contributed by atoms with van der Waals surface area (Å²) in [4.78, 5) is 6.76. The highest BCUT2D eigenvalue weighted by Crippen LogP contribution is 2.49. The first kappa shape index (κ1) is 65.6. The van der Waals surface area contributed by atoms with E-state index in [0.717, 1.165) is 140 Å². The molecule has 102 heavy (non-hydrogen) atoms. The number of nitrogens with zero attached hydrogens (tertiary/aromatic N) is 7. The van der Waals surface area contributed by atoms with Gasteiger partial charge in [-0.1, -0.05) is 93.0 Å². The molecule has 16 aromatic rings. The summed E-state index contributed by atoms with van der Waals surface area (Å²) >= 11 is 0. The van der Waals surface area contributed by atoms with E-state index in [4.69, 9.17) is 13.1 Å². The lowest BCUT2D eigenvalue weighted by molar-refractivity contribution is -0.138. The molecule has 0 amide bonds. The van der Waals surface area contributed by atoms with Crippen molar-refractivity contribution in [2.75, 3.05) is 0 Å². The number of aryl methyl sites for hydroxylation is 8. The highest BCUT2D eigenvalue weighted by Gasteiger charge is 2.38. The second-order valence-corrected chi connectivity index (χ2v) is 26.6. The monoisotopic (exact) mass is 1360 g/mol. The fourth-order valence-electron chi connectivity index (χ4n) is 14.7. The zero-order chi connectivity index (χ0) is 71.9. The van der Waals surface area contributed by atoms with Gasteiger partial charge < -0.3 is 18.3 Å². The lowest BCUT2D eigenvalue weighted by Gasteiger charge is -2.22. The predicted molar refractivity (Wildman–Crippen MR) is 391 cm³/mol. The zero-order valence-electron chi connectivity index (χ0n) is 56.2. The summed E-state index contributed by atoms with van der Waals surface area (Å²) in [5, 5.41) is 17.9. The molecule has 0 radical (unpaired) electrons. The summed E-state index contributed by atoms with van der Waals surface area (Å²) in [5.74, 6) is 0. The highest BCUT2D eigenvalue weighted by atomic mass is 19.4. The van der Waals surface area contributed by atoms with Crippen LogP contribution in [0.3, 0.4) is 0 Å². The van der Waals surface area contributed by atoms with Crippen molar-refractivity contribution >= 4 is 98.6 Å². The van der Waals surface area contributed by atoms with Gasteiger partial charge in [0.25, 0.3) is 0 Å². The Labute approximate surface area is 579 Å². The quantitative estimate of drug-likeness (QED) is 0.121. The summed E-state index contributed by atoms with van der Waals surface area (Å²) in [6.45, 7) is 31.1. The van der Waals surface area contributed by atoms with Crippen molar-refractivity contribution in [1.29, 1.82) is 5.26 Å². The fraction of sp³-hybridized carbons (Fsp3) is 0.128. The number of rotatable bonds is 6. The van der Waals surface area contributed by atoms with Crippen LogP contribution in [0, 0.1) is 79.9 Å². The van der Waals surface area contributed by atoms with Crippen molar-refractivity contribution in [3.8, 4) is 51.1 Å². The highest BCUT2D eigenvalue weighted by molar-refractivity contribution is 6.14. The third kappa shape index (κ3) is 11.1. The molecule has 0 aliphatic rings. The van der Waals surface area contributed by atoms with E-state index in [0.29, 0.717) is 44.6 Å². The van der Waals surface area contributed by atoms with Crippen LogP contribution in [0.2, 0.25) is 0 Å². The molecule has 0 aliphatic carbocycles. The Hall–Kier alpha value is -12.3. The number of aromatic nitrogens is 4. The molecule has 16 heteroatoms. The van der Waals surface area contributed by atoms with Crippen LogP contribution < -0.4 is 0 Å². The molecule has 0 atom stereocenters. The van der Waals surface area contributed by atoms with Crippen molar-refractivity contribution in [2.45, 2.75) is 73.9 Å². The van der Waals surface area contributed by atoms with Gasteiger partial charge in [0.05, 0.1) is 91.2 Å². The van der Waals surface area contributed by atoms with E-state index in [1.54, 1.807) is 27.3 Å². The zero-order valence-corrected chi connectivity index (χ0v) is 56.2. The lowest BCUT2D eigenvalue weighted by Crippen LogP contribution is -2.13. The number of hydrogen-bond acceptors (Lipinski definition) is 1. The summed E-state index contributed by atoms with van der Waals surface area (Å²) < 4.78 is 140. The number of fused-ring (bicyclic) bond motifs is 12. The third-order valence-corrected chi connectivity index (χ3v) is 19.3. The first-order chi connectivity index (χ1) is 48.6. The molecule has 4 heterocycles. The molecule has 500 valence electrons. The molecule has 0 saturated carbocycles. The molecule has 7 nitrogen and oxygen atoms in total. The van der Waals surface area contributed by atoms with Gasteiger partial charge in [-0.3, -0.25) is 0 Å². The van der Waals surface area contributed by atoms with E-state index in [1.807, 2.05) is 180 Å². The summed E-state index contributed by atoms with van der Waals surface area (Å²) in [5.41, 5.74) is 12.4. The average Bonchev–Trinajstić information content (AvgIpc) is 1.56. The van der Waals surface area contributed by atoms with Gasteiger partial charge in [-0.15, -0.1) is 0 Å². The average molecular weight is 1360 g/mol. The Morgan fingerprint density at radius 2 is 0.549 bits per heavy atom. The van der Waals surface area contributed by atoms with Gasteiger partial charge in [0, 0.05) is 65.3 Å². The number of nitriles is 1. The van der Waals surface area contributed by atoms with Crippen molar-refractivity contribution in [1.82, 2.24) is 18.3 Å². The third-order valence-electron chi connectivity index (χ3n) is 19.3. The Balaban J connectivity index is 0.000000165. The fourth-order valence-corrected chi connectivity index (χ4v) is 14.7. The Bertz CT molecular complexity index is 6180. The summed E-state index contributed by atoms with van der Waals surface area (Å²) in [6.07, 6.45) is -14.4. The van der Waals surface area contributed by atoms with E-state index in [9.17, 15) is 31.6 Å². The normalized spacial score (nSPS) is 12.1. The molecule has 0 saturated heterocycles. The van der Waals surface area contributed by atoms with Gasteiger partial charge in [-0.2, -0.15) is 44.8 Å². The molecular formula is C86H58F9N7. The molecule has 0 N–H and O–H groups in total. The molecule has 12 aromatic carbocycles. The maximum Gasteiger partial charge on any atom is 0.418 e. The molecule has 16 rings (SSSR count). The first-order valence-corrected chi connectivity index (χ1v) is 32.7. The van der Waals surface area contributed by atoms with Crippen molar-refractivity contribution in [3.05, 3.63) is 296 Å². The van der Waals surface area contributed by atoms with Gasteiger partial charge >= 0.3 is 18.5 Å². The van der Waals surface area contributed by atoms with Gasteiger partial charge in [0.2, 0.25) is 0 Å². The molecule has 4 aromatic heterocycles. The van der Waals surface area contributed by atoms with Crippen LogP contribution >= 0.6 is 0 Å². The van der Waals surface area contributed by atoms with Gasteiger partial charge in [-0.25, -0.2) is 9.69 Å². The van der Waals surface area contributed by atoms with Gasteiger partial charge in [0.15, 0.2) is 11.4 Å². The molecular weight excluding hydrogens is 1300 g/mol. The van der Waals surface area contributed by atoms with Crippen LogP contribution in [0.25, 0.3) is 142 Å². The number of benzene rings is 12. The maximum absolute atomic E-state index is 15.6. The van der Waals surface area contributed by atoms with Crippen LogP contribution in [-0.2, 0) is 18.5 Å². The number of alkyl halides is 9. The van der Waals surface area contributed by atoms with Crippen molar-refractivity contribution in [3.63, 3.8) is 0 Å². The van der Waals surface area contributed by atoms with E-state index in [2.05, 4.69) is 40.0 Å². The Kier molecular flexibility index (Phi) is 15.4. The van der Waals surface area contributed by atoms with Crippen LogP contribution in [0.1, 0.15) is 66.8 Å². The Morgan fingerprint density at radius 3 is 0.804 bits per heavy atom. The van der Waals surface area contributed by atoms with E-state index < -0.39 is 35.2 Å². The van der Waals surface area contributed by atoms with E-state index >= 15 is 13.2 Å². The SMILES string of the molecule is [C-]#[N+]c1cc(-c2cc(-n3c4ccc(C)cc4c4cc(C)ccc43)c(C#N)cc2-n2c3ccc(C)cc3c3cc(C)ccc32)cc(C(F)(F)F)c1.[C-]#[N+]c1cc(-c2cc(-n3c4ccc(C)cc4c4cc(C)ccc43)c(C(F)(F)F)cc2-n2c3ccc(C)cc3c3cc(C)ccc32)cc(C(F)(F)F)c1. The van der Waals surface area contributed by atoms with Crippen molar-refractivity contribution in [2.24, 2.45) is 0 Å². The minimum absolute atomic E-state index is 0.0338. The molecule has 0 fully saturated rings. The topological polar surface area (TPSA) is 52.2 Å². The van der Waals surface area contributed by atoms with E-state index in [1.165, 1.54) is 18.2 Å². The van der Waals surface area contributed by atoms with Gasteiger partial charge in [-0.05, 0) is 224 Å². The second kappa shape index (κ2) is 24.0. The lowest BCUT2D eigenvalue weighted by atomic mass is 9.96. The molecule has 0 aliphatic heterocycles. The first-order valence-electron chi connectivity index (χ1n) is 32.7. The second-order valence-electron chi connectivity index (χ2n) is 26.6. The molecule has 0 unspecified atom stereocenters. The smallest absolute Gasteiger partial charge is 0.309 e. The van der Waals surface area contributed by atoms with Crippen LogP contribution in [0.5, 0.6) is 0 Å². The van der Waals surface area contributed by atoms with Crippen molar-refractivity contribution < 1.29 is 39.5 Å². The van der Waals surface area contributed by atoms with Crippen LogP contribution in [0.15, 0.2) is 206 Å². The summed E-state index contributed by atoms with van der Waals surface area (Å²) in [6, 6.07) is 61.7. The van der Waals surface area contributed by atoms with E-state index in [-0.39, 0.29) is 39.4 Å². The minimum Gasteiger partial charge on any atom is -0.309 e. The largest absolute Gasteiger partial charge is 0.418 e. The number of hydrogen-bond donors (Lipinski definition) is 0. The van der Waals surface area contributed by atoms with Gasteiger partial charge in [0.1, 0.15) is 6.07 Å². The predicted octanol–water partition coefficient (Wildman–Crippen LogP) is 25.6. The minimum atomic E-state index is -4.87. The maximum atomic E-state index is 15.6. The molecule has 0 spiro atoms.